The Morgan fingerprint density at radius 2 is 2.14 bits per heavy atom. The minimum Gasteiger partial charge on any atom is -0.490 e. The predicted octanol–water partition coefficient (Wildman–Crippen LogP) is 1.49. The molecular formula is C17H20N2O3. The number of benzene rings is 1. The zero-order valence-electron chi connectivity index (χ0n) is 12.5. The standard InChI is InChI=1S/C17H20N2O3/c1-13-5-2-3-7-16(13)22-12-15(20)17(21)19-10-8-14-6-4-9-18-11-14/h2-7,9,11,15,20H,8,10,12H2,1H3,(H,19,21)/t15-/m0/s1. The van der Waals surface area contributed by atoms with E-state index in [0.29, 0.717) is 18.7 Å². The topological polar surface area (TPSA) is 71.5 Å². The van der Waals surface area contributed by atoms with E-state index >= 15 is 0 Å². The lowest BCUT2D eigenvalue weighted by Crippen LogP contribution is -2.39. The molecule has 5 nitrogen and oxygen atoms in total. The lowest BCUT2D eigenvalue weighted by atomic mass is 10.2. The van der Waals surface area contributed by atoms with Crippen molar-refractivity contribution in [2.24, 2.45) is 0 Å². The number of aryl methyl sites for hydroxylation is 1. The maximum Gasteiger partial charge on any atom is 0.252 e. The van der Waals surface area contributed by atoms with Crippen molar-refractivity contribution in [3.05, 3.63) is 59.9 Å². The van der Waals surface area contributed by atoms with E-state index < -0.39 is 12.0 Å². The van der Waals surface area contributed by atoms with Gasteiger partial charge in [-0.3, -0.25) is 9.78 Å². The molecule has 1 aromatic carbocycles. The van der Waals surface area contributed by atoms with Crippen LogP contribution in [0, 0.1) is 6.92 Å². The van der Waals surface area contributed by atoms with Gasteiger partial charge in [0.15, 0.2) is 6.10 Å². The van der Waals surface area contributed by atoms with Crippen molar-refractivity contribution in [2.45, 2.75) is 19.4 Å². The quantitative estimate of drug-likeness (QED) is 0.812. The van der Waals surface area contributed by atoms with Crippen molar-refractivity contribution in [1.29, 1.82) is 0 Å². The molecule has 0 unspecified atom stereocenters. The van der Waals surface area contributed by atoms with Crippen LogP contribution in [0.4, 0.5) is 0 Å². The summed E-state index contributed by atoms with van der Waals surface area (Å²) >= 11 is 0. The van der Waals surface area contributed by atoms with E-state index in [4.69, 9.17) is 4.74 Å². The molecule has 116 valence electrons. The largest absolute Gasteiger partial charge is 0.490 e. The molecule has 1 atom stereocenters. The molecule has 0 saturated carbocycles. The Labute approximate surface area is 130 Å². The SMILES string of the molecule is Cc1ccccc1OC[C@H](O)C(=O)NCCc1cccnc1. The number of aliphatic hydroxyl groups is 1. The summed E-state index contributed by atoms with van der Waals surface area (Å²) in [5.41, 5.74) is 2.00. The van der Waals surface area contributed by atoms with Gasteiger partial charge in [-0.25, -0.2) is 0 Å². The van der Waals surface area contributed by atoms with Crippen molar-refractivity contribution in [3.8, 4) is 5.75 Å². The number of hydrogen-bond acceptors (Lipinski definition) is 4. The van der Waals surface area contributed by atoms with Gasteiger partial charge in [0.2, 0.25) is 0 Å². The lowest BCUT2D eigenvalue weighted by molar-refractivity contribution is -0.130. The number of pyridine rings is 1. The molecule has 0 aliphatic rings. The highest BCUT2D eigenvalue weighted by Crippen LogP contribution is 2.16. The zero-order chi connectivity index (χ0) is 15.8. The molecule has 0 aliphatic carbocycles. The van der Waals surface area contributed by atoms with Crippen molar-refractivity contribution in [3.63, 3.8) is 0 Å². The van der Waals surface area contributed by atoms with Gasteiger partial charge in [-0.2, -0.15) is 0 Å². The van der Waals surface area contributed by atoms with Gasteiger partial charge in [0.25, 0.3) is 5.91 Å². The third-order valence-corrected chi connectivity index (χ3v) is 3.23. The molecular weight excluding hydrogens is 280 g/mol. The highest BCUT2D eigenvalue weighted by Gasteiger charge is 2.15. The van der Waals surface area contributed by atoms with Gasteiger partial charge in [0.05, 0.1) is 0 Å². The van der Waals surface area contributed by atoms with Crippen LogP contribution in [-0.4, -0.2) is 35.3 Å². The van der Waals surface area contributed by atoms with Crippen molar-refractivity contribution in [2.75, 3.05) is 13.2 Å². The third kappa shape index (κ3) is 4.86. The molecule has 1 heterocycles. The molecule has 2 aromatic rings. The van der Waals surface area contributed by atoms with Gasteiger partial charge in [-0.05, 0) is 36.6 Å². The summed E-state index contributed by atoms with van der Waals surface area (Å²) in [6, 6.07) is 11.3. The number of hydrogen-bond donors (Lipinski definition) is 2. The van der Waals surface area contributed by atoms with E-state index in [1.807, 2.05) is 43.3 Å². The van der Waals surface area contributed by atoms with E-state index in [1.165, 1.54) is 0 Å². The molecule has 1 aromatic heterocycles. The average Bonchev–Trinajstić information content (AvgIpc) is 2.54. The number of nitrogens with zero attached hydrogens (tertiary/aromatic N) is 1. The molecule has 5 heteroatoms. The van der Waals surface area contributed by atoms with E-state index in [0.717, 1.165) is 11.1 Å². The number of nitrogens with one attached hydrogen (secondary N) is 1. The second kappa shape index (κ2) is 8.14. The molecule has 22 heavy (non-hydrogen) atoms. The summed E-state index contributed by atoms with van der Waals surface area (Å²) in [5.74, 6) is 0.238. The molecule has 2 N–H and O–H groups in total. The molecule has 0 saturated heterocycles. The van der Waals surface area contributed by atoms with Crippen LogP contribution in [0.2, 0.25) is 0 Å². The maximum absolute atomic E-state index is 11.8. The summed E-state index contributed by atoms with van der Waals surface area (Å²) < 4.78 is 5.46. The molecule has 1 amide bonds. The fourth-order valence-corrected chi connectivity index (χ4v) is 1.96. The van der Waals surface area contributed by atoms with Crippen LogP contribution >= 0.6 is 0 Å². The number of aromatic nitrogens is 1. The Morgan fingerprint density at radius 1 is 1.32 bits per heavy atom. The Bertz CT molecular complexity index is 602. The minimum absolute atomic E-state index is 0.0659. The summed E-state index contributed by atoms with van der Waals surface area (Å²) in [6.07, 6.45) is 2.94. The second-order valence-corrected chi connectivity index (χ2v) is 4.99. The van der Waals surface area contributed by atoms with Crippen LogP contribution < -0.4 is 10.1 Å². The van der Waals surface area contributed by atoms with Gasteiger partial charge in [-0.15, -0.1) is 0 Å². The molecule has 0 radical (unpaired) electrons. The van der Waals surface area contributed by atoms with E-state index in [1.54, 1.807) is 12.4 Å². The monoisotopic (exact) mass is 300 g/mol. The number of aliphatic hydroxyl groups excluding tert-OH is 1. The Hall–Kier alpha value is -2.40. The van der Waals surface area contributed by atoms with Crippen molar-refractivity contribution in [1.82, 2.24) is 10.3 Å². The maximum atomic E-state index is 11.8. The van der Waals surface area contributed by atoms with Gasteiger partial charge >= 0.3 is 0 Å². The van der Waals surface area contributed by atoms with Gasteiger partial charge < -0.3 is 15.2 Å². The summed E-state index contributed by atoms with van der Waals surface area (Å²) in [4.78, 5) is 15.8. The van der Waals surface area contributed by atoms with Crippen LogP contribution in [0.3, 0.4) is 0 Å². The summed E-state index contributed by atoms with van der Waals surface area (Å²) in [6.45, 7) is 2.30. The molecule has 2 rings (SSSR count). The van der Waals surface area contributed by atoms with Crippen LogP contribution in [0.1, 0.15) is 11.1 Å². The van der Waals surface area contributed by atoms with Crippen molar-refractivity contribution >= 4 is 5.91 Å². The van der Waals surface area contributed by atoms with Gasteiger partial charge in [-0.1, -0.05) is 24.3 Å². The first-order valence-corrected chi connectivity index (χ1v) is 7.20. The number of rotatable bonds is 7. The van der Waals surface area contributed by atoms with E-state index in [2.05, 4.69) is 10.3 Å². The Balaban J connectivity index is 1.72. The molecule has 0 spiro atoms. The van der Waals surface area contributed by atoms with Gasteiger partial charge in [0.1, 0.15) is 12.4 Å². The minimum atomic E-state index is -1.19. The summed E-state index contributed by atoms with van der Waals surface area (Å²) in [5, 5.41) is 12.5. The number of carbonyl (C=O) groups is 1. The average molecular weight is 300 g/mol. The first-order chi connectivity index (χ1) is 10.7. The number of para-hydroxylation sites is 1. The summed E-state index contributed by atoms with van der Waals surface area (Å²) in [7, 11) is 0. The van der Waals surface area contributed by atoms with E-state index in [9.17, 15) is 9.90 Å². The fraction of sp³-hybridized carbons (Fsp3) is 0.294. The first kappa shape index (κ1) is 16.0. The first-order valence-electron chi connectivity index (χ1n) is 7.20. The van der Waals surface area contributed by atoms with Crippen LogP contribution in [0.15, 0.2) is 48.8 Å². The Kier molecular flexibility index (Phi) is 5.91. The number of amides is 1. The number of ether oxygens (including phenoxy) is 1. The number of carbonyl (C=O) groups excluding carboxylic acids is 1. The highest BCUT2D eigenvalue weighted by molar-refractivity contribution is 5.80. The lowest BCUT2D eigenvalue weighted by Gasteiger charge is -2.14. The van der Waals surface area contributed by atoms with E-state index in [-0.39, 0.29) is 6.61 Å². The second-order valence-electron chi connectivity index (χ2n) is 4.99. The molecule has 0 aliphatic heterocycles. The normalized spacial score (nSPS) is 11.7. The Morgan fingerprint density at radius 3 is 2.86 bits per heavy atom. The molecule has 0 bridgehead atoms. The third-order valence-electron chi connectivity index (χ3n) is 3.23. The van der Waals surface area contributed by atoms with Crippen molar-refractivity contribution < 1.29 is 14.6 Å². The predicted molar refractivity (Wildman–Crippen MR) is 83.6 cm³/mol. The van der Waals surface area contributed by atoms with Crippen LogP contribution in [0.25, 0.3) is 0 Å². The zero-order valence-corrected chi connectivity index (χ0v) is 12.5. The van der Waals surface area contributed by atoms with Crippen LogP contribution in [-0.2, 0) is 11.2 Å². The van der Waals surface area contributed by atoms with Gasteiger partial charge in [0, 0.05) is 18.9 Å². The van der Waals surface area contributed by atoms with Crippen LogP contribution in [0.5, 0.6) is 5.75 Å². The highest BCUT2D eigenvalue weighted by atomic mass is 16.5. The fourth-order valence-electron chi connectivity index (χ4n) is 1.96. The molecule has 0 fully saturated rings. The smallest absolute Gasteiger partial charge is 0.252 e.